The summed E-state index contributed by atoms with van der Waals surface area (Å²) in [5, 5.41) is 51.3. The smallest absolute Gasteiger partial charge is 0.265 e. The molecule has 6 N–H and O–H groups in total. The third-order valence-corrected chi connectivity index (χ3v) is 8.50. The van der Waals surface area contributed by atoms with E-state index in [1.165, 1.54) is 4.90 Å². The van der Waals surface area contributed by atoms with Gasteiger partial charge in [0.15, 0.2) is 11.4 Å². The van der Waals surface area contributed by atoms with E-state index < -0.39 is 64.0 Å². The average molecular weight is 599 g/mol. The Hall–Kier alpha value is -3.74. The number of benzene rings is 1. The van der Waals surface area contributed by atoms with Crippen molar-refractivity contribution in [3.8, 4) is 5.75 Å². The number of amides is 2. The van der Waals surface area contributed by atoms with E-state index in [4.69, 9.17) is 0 Å². The molecule has 1 aromatic rings. The van der Waals surface area contributed by atoms with Crippen LogP contribution in [0.5, 0.6) is 5.75 Å². The predicted octanol–water partition coefficient (Wildman–Crippen LogP) is 1.50. The zero-order valence-electron chi connectivity index (χ0n) is 26.0. The first kappa shape index (κ1) is 32.2. The van der Waals surface area contributed by atoms with E-state index in [0.717, 1.165) is 6.92 Å². The number of Topliss-reactive ketones (excluding diaryl/α,β-unsaturated/α-hetero) is 2. The SMILES string of the molecule is CC(=O)NC(=O)C1=C(O)[C@@H](N(C)C)[C@@H]2C[C@@H]3Cc4c(N(C)C)cc(CNCC(C)(C)C)c(O)c4C(=O)C3=C(O)[C@]2(O)C1=O. The molecule has 3 aliphatic carbocycles. The molecule has 0 aliphatic heterocycles. The summed E-state index contributed by atoms with van der Waals surface area (Å²) in [5.74, 6) is -7.66. The fourth-order valence-electron chi connectivity index (χ4n) is 6.66. The molecule has 0 unspecified atom stereocenters. The lowest BCUT2D eigenvalue weighted by atomic mass is 9.58. The van der Waals surface area contributed by atoms with E-state index in [0.29, 0.717) is 23.4 Å². The molecule has 0 radical (unpaired) electrons. The standard InChI is InChI=1S/C31H42N4O8/c1-14(36)33-29(42)22-26(39)23(35(7)8)18-10-15-9-17-19(34(5)6)11-16(12-32-13-30(2,3)4)24(37)21(17)25(38)20(15)27(40)31(18,43)28(22)41/h11,15,18,23,32,37,39-40,43H,9-10,12-13H2,1-8H3,(H,33,36,42)/t15-,18-,23-,31-/m0/s1. The number of hydrogen-bond acceptors (Lipinski definition) is 11. The molecule has 2 amide bonds. The van der Waals surface area contributed by atoms with Gasteiger partial charge < -0.3 is 30.6 Å². The molecule has 1 aromatic carbocycles. The monoisotopic (exact) mass is 598 g/mol. The topological polar surface area (TPSA) is 180 Å². The van der Waals surface area contributed by atoms with Gasteiger partial charge in [-0.1, -0.05) is 20.8 Å². The van der Waals surface area contributed by atoms with Crippen LogP contribution in [-0.4, -0.2) is 95.1 Å². The lowest BCUT2D eigenvalue weighted by Gasteiger charge is -2.50. The lowest BCUT2D eigenvalue weighted by Crippen LogP contribution is -2.64. The molecule has 0 saturated carbocycles. The number of anilines is 1. The van der Waals surface area contributed by atoms with Crippen molar-refractivity contribution in [1.82, 2.24) is 15.5 Å². The van der Waals surface area contributed by atoms with Crippen LogP contribution in [0.25, 0.3) is 0 Å². The minimum absolute atomic E-state index is 0.00382. The zero-order chi connectivity index (χ0) is 32.3. The van der Waals surface area contributed by atoms with Gasteiger partial charge in [0.1, 0.15) is 22.8 Å². The van der Waals surface area contributed by atoms with Crippen molar-refractivity contribution in [2.24, 2.45) is 17.3 Å². The number of aliphatic hydroxyl groups excluding tert-OH is 2. The van der Waals surface area contributed by atoms with E-state index in [1.807, 2.05) is 30.4 Å². The molecule has 43 heavy (non-hydrogen) atoms. The van der Waals surface area contributed by atoms with Crippen molar-refractivity contribution < 1.29 is 39.6 Å². The highest BCUT2D eigenvalue weighted by Crippen LogP contribution is 2.53. The molecule has 3 aliphatic rings. The van der Waals surface area contributed by atoms with Crippen LogP contribution in [0, 0.1) is 17.3 Å². The first-order valence-corrected chi connectivity index (χ1v) is 14.3. The summed E-state index contributed by atoms with van der Waals surface area (Å²) in [5.41, 5.74) is -2.11. The van der Waals surface area contributed by atoms with Gasteiger partial charge in [0, 0.05) is 56.9 Å². The number of fused-ring (bicyclic) bond motifs is 3. The molecule has 4 atom stereocenters. The van der Waals surface area contributed by atoms with Crippen LogP contribution >= 0.6 is 0 Å². The van der Waals surface area contributed by atoms with Crippen molar-refractivity contribution in [2.75, 3.05) is 39.6 Å². The second kappa shape index (κ2) is 11.1. The minimum atomic E-state index is -2.74. The van der Waals surface area contributed by atoms with Gasteiger partial charge in [-0.25, -0.2) is 0 Å². The Labute approximate surface area is 251 Å². The second-order valence-electron chi connectivity index (χ2n) is 13.4. The zero-order valence-corrected chi connectivity index (χ0v) is 26.0. The third-order valence-electron chi connectivity index (χ3n) is 8.50. The number of nitrogens with zero attached hydrogens (tertiary/aromatic N) is 2. The summed E-state index contributed by atoms with van der Waals surface area (Å²) in [6, 6.07) is 0.722. The Kier molecular flexibility index (Phi) is 8.29. The Bertz CT molecular complexity index is 1470. The van der Waals surface area contributed by atoms with Gasteiger partial charge in [0.05, 0.1) is 11.6 Å². The average Bonchev–Trinajstić information content (AvgIpc) is 2.86. The van der Waals surface area contributed by atoms with Gasteiger partial charge >= 0.3 is 0 Å². The van der Waals surface area contributed by atoms with Gasteiger partial charge in [-0.2, -0.15) is 0 Å². The van der Waals surface area contributed by atoms with Crippen molar-refractivity contribution in [3.63, 3.8) is 0 Å². The number of hydrogen-bond donors (Lipinski definition) is 6. The van der Waals surface area contributed by atoms with Crippen molar-refractivity contribution >= 4 is 29.1 Å². The third kappa shape index (κ3) is 5.32. The number of imide groups is 1. The first-order chi connectivity index (χ1) is 19.8. The maximum atomic E-state index is 14.2. The quantitative estimate of drug-likeness (QED) is 0.261. The van der Waals surface area contributed by atoms with Gasteiger partial charge in [-0.05, 0) is 49.9 Å². The van der Waals surface area contributed by atoms with Crippen LogP contribution in [0.4, 0.5) is 5.69 Å². The number of rotatable bonds is 6. The molecule has 0 bridgehead atoms. The lowest BCUT2D eigenvalue weighted by molar-refractivity contribution is -0.148. The molecule has 234 valence electrons. The minimum Gasteiger partial charge on any atom is -0.510 e. The molecule has 0 fully saturated rings. The van der Waals surface area contributed by atoms with E-state index in [1.54, 1.807) is 14.1 Å². The number of phenolic OH excluding ortho intramolecular Hbond substituents is 1. The molecule has 4 rings (SSSR count). The molecule has 12 heteroatoms. The van der Waals surface area contributed by atoms with Gasteiger partial charge in [0.2, 0.25) is 11.7 Å². The summed E-state index contributed by atoms with van der Waals surface area (Å²) in [4.78, 5) is 55.7. The molecule has 0 spiro atoms. The maximum Gasteiger partial charge on any atom is 0.265 e. The van der Waals surface area contributed by atoms with Crippen LogP contribution in [0.2, 0.25) is 0 Å². The van der Waals surface area contributed by atoms with Crippen LogP contribution < -0.4 is 15.5 Å². The predicted molar refractivity (Wildman–Crippen MR) is 159 cm³/mol. The molecule has 0 aromatic heterocycles. The van der Waals surface area contributed by atoms with Crippen LogP contribution in [0.3, 0.4) is 0 Å². The number of nitrogens with one attached hydrogen (secondary N) is 2. The second-order valence-corrected chi connectivity index (χ2v) is 13.4. The van der Waals surface area contributed by atoms with Crippen molar-refractivity contribution in [1.29, 1.82) is 0 Å². The van der Waals surface area contributed by atoms with E-state index in [9.17, 15) is 39.6 Å². The number of allylic oxidation sites excluding steroid dienone is 1. The Morgan fingerprint density at radius 1 is 1.09 bits per heavy atom. The van der Waals surface area contributed by atoms with Crippen LogP contribution in [0.15, 0.2) is 28.7 Å². The number of phenols is 1. The number of aliphatic hydroxyl groups is 3. The highest BCUT2D eigenvalue weighted by Gasteiger charge is 2.63. The molecule has 0 saturated heterocycles. The van der Waals surface area contributed by atoms with Gasteiger partial charge in [0.25, 0.3) is 5.91 Å². The normalized spacial score (nSPS) is 25.4. The largest absolute Gasteiger partial charge is 0.510 e. The van der Waals surface area contributed by atoms with Crippen molar-refractivity contribution in [3.05, 3.63) is 45.4 Å². The first-order valence-electron chi connectivity index (χ1n) is 14.3. The maximum absolute atomic E-state index is 14.2. The van der Waals surface area contributed by atoms with E-state index >= 15 is 0 Å². The highest BCUT2D eigenvalue weighted by molar-refractivity contribution is 6.27. The molecule has 12 nitrogen and oxygen atoms in total. The number of likely N-dealkylation sites (N-methyl/N-ethyl adjacent to an activating group) is 1. The van der Waals surface area contributed by atoms with E-state index in [2.05, 4.69) is 26.1 Å². The van der Waals surface area contributed by atoms with E-state index in [-0.39, 0.29) is 41.7 Å². The summed E-state index contributed by atoms with van der Waals surface area (Å²) in [6.45, 7) is 8.16. The fraction of sp³-hybridized carbons (Fsp3) is 0.548. The number of carbonyl (C=O) groups excluding carboxylic acids is 4. The van der Waals surface area contributed by atoms with Crippen molar-refractivity contribution in [2.45, 2.75) is 58.7 Å². The summed E-state index contributed by atoms with van der Waals surface area (Å²) >= 11 is 0. The summed E-state index contributed by atoms with van der Waals surface area (Å²) < 4.78 is 0. The van der Waals surface area contributed by atoms with Crippen LogP contribution in [-0.2, 0) is 27.3 Å². The Morgan fingerprint density at radius 3 is 2.26 bits per heavy atom. The van der Waals surface area contributed by atoms with Gasteiger partial charge in [-0.3, -0.25) is 29.4 Å². The van der Waals surface area contributed by atoms with Gasteiger partial charge in [-0.15, -0.1) is 0 Å². The number of aromatic hydroxyl groups is 1. The Morgan fingerprint density at radius 2 is 1.72 bits per heavy atom. The summed E-state index contributed by atoms with van der Waals surface area (Å²) in [6.07, 6.45) is 0.212. The molecule has 0 heterocycles. The Balaban J connectivity index is 1.89. The fourth-order valence-corrected chi connectivity index (χ4v) is 6.66. The summed E-state index contributed by atoms with van der Waals surface area (Å²) in [7, 11) is 6.80. The highest BCUT2D eigenvalue weighted by atomic mass is 16.3. The molecular formula is C31H42N4O8. The number of carbonyl (C=O) groups is 4. The number of ketones is 2. The van der Waals surface area contributed by atoms with Crippen LogP contribution in [0.1, 0.15) is 55.6 Å². The molecular weight excluding hydrogens is 556 g/mol.